The molecule has 0 aliphatic heterocycles. The summed E-state index contributed by atoms with van der Waals surface area (Å²) < 4.78 is 0. The first-order valence-electron chi connectivity index (χ1n) is 5.38. The van der Waals surface area contributed by atoms with Gasteiger partial charge in [-0.25, -0.2) is 0 Å². The van der Waals surface area contributed by atoms with Crippen molar-refractivity contribution >= 4 is 16.7 Å². The number of hydrogen-bond acceptors (Lipinski definition) is 2. The van der Waals surface area contributed by atoms with E-state index in [1.807, 2.05) is 18.3 Å². The number of rotatable bonds is 5. The molecule has 0 bridgehead atoms. The average Bonchev–Trinajstić information content (AvgIpc) is 2.68. The maximum absolute atomic E-state index is 10.6. The van der Waals surface area contributed by atoms with Crippen molar-refractivity contribution in [1.82, 2.24) is 10.3 Å². The number of nitrogens with one attached hydrogen (secondary N) is 2. The number of aromatic amines is 1. The summed E-state index contributed by atoms with van der Waals surface area (Å²) in [7, 11) is 0. The largest absolute Gasteiger partial charge is 0.361 e. The minimum Gasteiger partial charge on any atom is -0.361 e. The van der Waals surface area contributed by atoms with Crippen LogP contribution in [0.15, 0.2) is 30.5 Å². The van der Waals surface area contributed by atoms with Crippen LogP contribution in [0.5, 0.6) is 0 Å². The minimum atomic E-state index is -0.0704. The lowest BCUT2D eigenvalue weighted by Gasteiger charge is -2.01. The van der Waals surface area contributed by atoms with E-state index in [0.29, 0.717) is 6.54 Å². The van der Waals surface area contributed by atoms with E-state index in [1.54, 1.807) is 0 Å². The summed E-state index contributed by atoms with van der Waals surface area (Å²) in [5.74, 6) is -0.0704. The predicted molar refractivity (Wildman–Crippen MR) is 65.2 cm³/mol. The van der Waals surface area contributed by atoms with Crippen LogP contribution in [0.3, 0.4) is 0 Å². The van der Waals surface area contributed by atoms with E-state index in [4.69, 9.17) is 0 Å². The van der Waals surface area contributed by atoms with Crippen LogP contribution < -0.4 is 5.32 Å². The highest BCUT2D eigenvalue weighted by molar-refractivity contribution is 5.84. The van der Waals surface area contributed by atoms with E-state index in [1.165, 1.54) is 10.9 Å². The van der Waals surface area contributed by atoms with Crippen LogP contribution in [-0.2, 0) is 11.2 Å². The first-order chi connectivity index (χ1) is 7.77. The molecular formula is C13H15N2O. The molecule has 0 aliphatic rings. The summed E-state index contributed by atoms with van der Waals surface area (Å²) in [6, 6.07) is 8.22. The van der Waals surface area contributed by atoms with Crippen molar-refractivity contribution < 1.29 is 4.79 Å². The van der Waals surface area contributed by atoms with Crippen LogP contribution in [0.1, 0.15) is 5.56 Å². The van der Waals surface area contributed by atoms with Crippen LogP contribution in [0.25, 0.3) is 10.9 Å². The van der Waals surface area contributed by atoms with Crippen molar-refractivity contribution in [3.05, 3.63) is 42.9 Å². The molecule has 3 nitrogen and oxygen atoms in total. The second-order valence-electron chi connectivity index (χ2n) is 3.82. The summed E-state index contributed by atoms with van der Waals surface area (Å²) in [6.45, 7) is 4.46. The van der Waals surface area contributed by atoms with Crippen LogP contribution in [-0.4, -0.2) is 23.9 Å². The first kappa shape index (κ1) is 10.9. The Bertz CT molecular complexity index is 487. The second kappa shape index (κ2) is 4.94. The first-order valence-corrected chi connectivity index (χ1v) is 5.38. The quantitative estimate of drug-likeness (QED) is 0.746. The Hall–Kier alpha value is -1.61. The molecule has 0 amide bonds. The summed E-state index contributed by atoms with van der Waals surface area (Å²) in [5.41, 5.74) is 2.44. The molecule has 2 rings (SSSR count). The van der Waals surface area contributed by atoms with Gasteiger partial charge < -0.3 is 10.3 Å². The average molecular weight is 215 g/mol. The number of hydrogen-bond donors (Lipinski definition) is 2. The summed E-state index contributed by atoms with van der Waals surface area (Å²) in [5, 5.41) is 4.32. The molecule has 1 radical (unpaired) electrons. The topological polar surface area (TPSA) is 44.9 Å². The molecule has 0 saturated heterocycles. The van der Waals surface area contributed by atoms with Gasteiger partial charge in [-0.05, 0) is 24.6 Å². The molecule has 1 aromatic carbocycles. The molecule has 0 aliphatic carbocycles. The van der Waals surface area contributed by atoms with Crippen molar-refractivity contribution in [2.45, 2.75) is 6.42 Å². The van der Waals surface area contributed by atoms with Gasteiger partial charge in [-0.2, -0.15) is 0 Å². The monoisotopic (exact) mass is 215 g/mol. The van der Waals surface area contributed by atoms with Crippen molar-refractivity contribution in [1.29, 1.82) is 0 Å². The zero-order valence-electron chi connectivity index (χ0n) is 9.12. The third kappa shape index (κ3) is 2.49. The number of aromatic nitrogens is 1. The fourth-order valence-electron chi connectivity index (χ4n) is 1.79. The van der Waals surface area contributed by atoms with E-state index in [-0.39, 0.29) is 5.78 Å². The number of ketones is 1. The highest BCUT2D eigenvalue weighted by Gasteiger charge is 2.02. The maximum Gasteiger partial charge on any atom is 0.147 e. The smallest absolute Gasteiger partial charge is 0.147 e. The summed E-state index contributed by atoms with van der Waals surface area (Å²) in [6.07, 6.45) is 2.94. The van der Waals surface area contributed by atoms with E-state index >= 15 is 0 Å². The lowest BCUT2D eigenvalue weighted by atomic mass is 10.1. The van der Waals surface area contributed by atoms with Gasteiger partial charge in [0.15, 0.2) is 0 Å². The molecule has 1 aromatic heterocycles. The SMILES string of the molecule is [CH2]C(=O)CNCCc1c[nH]c2ccccc12. The highest BCUT2D eigenvalue weighted by atomic mass is 16.1. The molecule has 2 N–H and O–H groups in total. The molecule has 0 spiro atoms. The zero-order chi connectivity index (χ0) is 11.4. The zero-order valence-corrected chi connectivity index (χ0v) is 9.12. The van der Waals surface area contributed by atoms with Gasteiger partial charge in [0.1, 0.15) is 5.78 Å². The fraction of sp³-hybridized carbons (Fsp3) is 0.231. The fourth-order valence-corrected chi connectivity index (χ4v) is 1.79. The van der Waals surface area contributed by atoms with Crippen LogP contribution in [0.4, 0.5) is 0 Å². The van der Waals surface area contributed by atoms with E-state index in [0.717, 1.165) is 18.5 Å². The molecule has 0 unspecified atom stereocenters. The van der Waals surface area contributed by atoms with Crippen LogP contribution in [0, 0.1) is 6.92 Å². The molecule has 3 heteroatoms. The lowest BCUT2D eigenvalue weighted by Crippen LogP contribution is -2.23. The van der Waals surface area contributed by atoms with Gasteiger partial charge in [-0.3, -0.25) is 4.79 Å². The molecule has 83 valence electrons. The Balaban J connectivity index is 1.97. The number of benzene rings is 1. The van der Waals surface area contributed by atoms with Crippen LogP contribution >= 0.6 is 0 Å². The van der Waals surface area contributed by atoms with Gasteiger partial charge in [-0.1, -0.05) is 18.2 Å². The molecule has 0 atom stereocenters. The number of carbonyl (C=O) groups excluding carboxylic acids is 1. The Labute approximate surface area is 94.9 Å². The Morgan fingerprint density at radius 3 is 3.00 bits per heavy atom. The van der Waals surface area contributed by atoms with Gasteiger partial charge in [-0.15, -0.1) is 0 Å². The Morgan fingerprint density at radius 2 is 2.19 bits per heavy atom. The standard InChI is InChI=1S/C13H15N2O/c1-10(16)8-14-7-6-11-9-15-13-5-3-2-4-12(11)13/h2-5,9,14-15H,1,6-8H2. The van der Waals surface area contributed by atoms with E-state index in [2.05, 4.69) is 29.4 Å². The number of Topliss-reactive ketones (excluding diaryl/α,β-unsaturated/α-hetero) is 1. The van der Waals surface area contributed by atoms with Crippen molar-refractivity contribution in [3.8, 4) is 0 Å². The molecule has 16 heavy (non-hydrogen) atoms. The predicted octanol–water partition coefficient (Wildman–Crippen LogP) is 1.70. The van der Waals surface area contributed by atoms with E-state index in [9.17, 15) is 4.79 Å². The highest BCUT2D eigenvalue weighted by Crippen LogP contribution is 2.17. The van der Waals surface area contributed by atoms with Crippen molar-refractivity contribution in [3.63, 3.8) is 0 Å². The minimum absolute atomic E-state index is 0.0704. The Kier molecular flexibility index (Phi) is 3.37. The van der Waals surface area contributed by atoms with E-state index < -0.39 is 0 Å². The third-order valence-corrected chi connectivity index (χ3v) is 2.57. The number of carbonyl (C=O) groups is 1. The normalized spacial score (nSPS) is 10.8. The lowest BCUT2D eigenvalue weighted by molar-refractivity contribution is -0.114. The summed E-state index contributed by atoms with van der Waals surface area (Å²) in [4.78, 5) is 13.9. The molecular weight excluding hydrogens is 200 g/mol. The molecule has 2 aromatic rings. The Morgan fingerprint density at radius 1 is 1.38 bits per heavy atom. The van der Waals surface area contributed by atoms with Crippen molar-refractivity contribution in [2.24, 2.45) is 0 Å². The van der Waals surface area contributed by atoms with Gasteiger partial charge in [0.25, 0.3) is 0 Å². The number of fused-ring (bicyclic) bond motifs is 1. The van der Waals surface area contributed by atoms with Gasteiger partial charge in [0, 0.05) is 24.0 Å². The number of para-hydroxylation sites is 1. The molecule has 0 saturated carbocycles. The molecule has 0 fully saturated rings. The summed E-state index contributed by atoms with van der Waals surface area (Å²) >= 11 is 0. The van der Waals surface area contributed by atoms with Gasteiger partial charge >= 0.3 is 0 Å². The van der Waals surface area contributed by atoms with Crippen molar-refractivity contribution in [2.75, 3.05) is 13.1 Å². The van der Waals surface area contributed by atoms with Gasteiger partial charge in [0.2, 0.25) is 0 Å². The van der Waals surface area contributed by atoms with Crippen LogP contribution in [0.2, 0.25) is 0 Å². The van der Waals surface area contributed by atoms with Gasteiger partial charge in [0.05, 0.1) is 6.54 Å². The second-order valence-corrected chi connectivity index (χ2v) is 3.82. The maximum atomic E-state index is 10.6. The number of H-pyrrole nitrogens is 1. The molecule has 1 heterocycles. The third-order valence-electron chi connectivity index (χ3n) is 2.57.